The van der Waals surface area contributed by atoms with Crippen molar-refractivity contribution < 1.29 is 14.4 Å². The zero-order valence-electron chi connectivity index (χ0n) is 18.0. The Morgan fingerprint density at radius 3 is 2.27 bits per heavy atom. The number of carbonyl (C=O) groups excluding carboxylic acids is 3. The topological polar surface area (TPSA) is 99.3 Å². The van der Waals surface area contributed by atoms with Crippen LogP contribution in [0, 0.1) is 6.92 Å². The van der Waals surface area contributed by atoms with E-state index in [4.69, 9.17) is 34.8 Å². The molecule has 172 valence electrons. The van der Waals surface area contributed by atoms with Crippen LogP contribution in [0.15, 0.2) is 36.4 Å². The van der Waals surface area contributed by atoms with Crippen molar-refractivity contribution in [3.05, 3.63) is 74.2 Å². The van der Waals surface area contributed by atoms with Gasteiger partial charge >= 0.3 is 0 Å². The number of aromatic amines is 1. The van der Waals surface area contributed by atoms with Gasteiger partial charge in [-0.1, -0.05) is 40.9 Å². The van der Waals surface area contributed by atoms with Crippen molar-refractivity contribution in [3.8, 4) is 0 Å². The average molecular weight is 509 g/mol. The van der Waals surface area contributed by atoms with Crippen LogP contribution in [0.4, 0.5) is 5.69 Å². The second-order valence-corrected chi connectivity index (χ2v) is 8.66. The SMILES string of the molecule is Cc1nc(C(=O)CC(=O)N(Cc2ccc(Cl)c(Cl)c2)c2ccc(Cl)c(C(=O)N(C)C)c2)n[nH]1. The first-order valence-corrected chi connectivity index (χ1v) is 10.9. The summed E-state index contributed by atoms with van der Waals surface area (Å²) < 4.78 is 0. The number of aromatic nitrogens is 3. The minimum absolute atomic E-state index is 0.0741. The van der Waals surface area contributed by atoms with Crippen LogP contribution in [-0.2, 0) is 11.3 Å². The zero-order valence-corrected chi connectivity index (χ0v) is 20.3. The molecule has 1 N–H and O–H groups in total. The lowest BCUT2D eigenvalue weighted by atomic mass is 10.1. The van der Waals surface area contributed by atoms with Crippen molar-refractivity contribution in [2.75, 3.05) is 19.0 Å². The van der Waals surface area contributed by atoms with Gasteiger partial charge in [0.05, 0.1) is 33.6 Å². The first-order chi connectivity index (χ1) is 15.6. The fourth-order valence-electron chi connectivity index (χ4n) is 3.01. The molecule has 0 saturated heterocycles. The lowest BCUT2D eigenvalue weighted by Crippen LogP contribution is -2.32. The third-order valence-electron chi connectivity index (χ3n) is 4.68. The largest absolute Gasteiger partial charge is 0.345 e. The van der Waals surface area contributed by atoms with Crippen LogP contribution in [0.2, 0.25) is 15.1 Å². The minimum Gasteiger partial charge on any atom is -0.345 e. The molecule has 1 aromatic heterocycles. The fraction of sp³-hybridized carbons (Fsp3) is 0.227. The van der Waals surface area contributed by atoms with E-state index in [1.807, 2.05) is 0 Å². The Kier molecular flexibility index (Phi) is 7.73. The van der Waals surface area contributed by atoms with E-state index >= 15 is 0 Å². The monoisotopic (exact) mass is 507 g/mol. The third-order valence-corrected chi connectivity index (χ3v) is 5.75. The number of halogens is 3. The summed E-state index contributed by atoms with van der Waals surface area (Å²) in [6.45, 7) is 1.73. The highest BCUT2D eigenvalue weighted by Gasteiger charge is 2.24. The summed E-state index contributed by atoms with van der Waals surface area (Å²) in [5.74, 6) is -0.991. The van der Waals surface area contributed by atoms with Gasteiger partial charge in [0.15, 0.2) is 0 Å². The van der Waals surface area contributed by atoms with Crippen LogP contribution >= 0.6 is 34.8 Å². The molecule has 0 radical (unpaired) electrons. The second-order valence-electron chi connectivity index (χ2n) is 7.44. The number of benzene rings is 2. The predicted molar refractivity (Wildman–Crippen MR) is 127 cm³/mol. The Balaban J connectivity index is 1.98. The molecule has 33 heavy (non-hydrogen) atoms. The Bertz CT molecular complexity index is 1230. The van der Waals surface area contributed by atoms with Gasteiger partial charge in [0, 0.05) is 19.8 Å². The summed E-state index contributed by atoms with van der Waals surface area (Å²) in [6, 6.07) is 9.62. The number of carbonyl (C=O) groups is 3. The number of aryl methyl sites for hydroxylation is 1. The van der Waals surface area contributed by atoms with E-state index in [-0.39, 0.29) is 28.9 Å². The van der Waals surface area contributed by atoms with Gasteiger partial charge in [0.2, 0.25) is 17.5 Å². The van der Waals surface area contributed by atoms with Crippen LogP contribution in [0.3, 0.4) is 0 Å². The molecule has 0 aliphatic carbocycles. The van der Waals surface area contributed by atoms with E-state index in [0.29, 0.717) is 27.1 Å². The van der Waals surface area contributed by atoms with E-state index in [9.17, 15) is 14.4 Å². The van der Waals surface area contributed by atoms with Crippen molar-refractivity contribution in [1.82, 2.24) is 20.1 Å². The molecular formula is C22H20Cl3N5O3. The highest BCUT2D eigenvalue weighted by molar-refractivity contribution is 6.42. The molecule has 1 heterocycles. The molecule has 0 aliphatic rings. The Morgan fingerprint density at radius 1 is 0.970 bits per heavy atom. The summed E-state index contributed by atoms with van der Waals surface area (Å²) in [7, 11) is 3.20. The third kappa shape index (κ3) is 5.90. The first kappa shape index (κ1) is 24.7. The van der Waals surface area contributed by atoms with E-state index in [1.54, 1.807) is 45.3 Å². The molecule has 0 unspecified atom stereocenters. The molecule has 2 aromatic carbocycles. The lowest BCUT2D eigenvalue weighted by Gasteiger charge is -2.24. The molecule has 8 nitrogen and oxygen atoms in total. The van der Waals surface area contributed by atoms with Crippen molar-refractivity contribution in [3.63, 3.8) is 0 Å². The Morgan fingerprint density at radius 2 is 1.67 bits per heavy atom. The predicted octanol–water partition coefficient (Wildman–Crippen LogP) is 4.58. The number of rotatable bonds is 7. The molecule has 3 rings (SSSR count). The summed E-state index contributed by atoms with van der Waals surface area (Å²) in [5.41, 5.74) is 1.29. The minimum atomic E-state index is -0.540. The number of hydrogen-bond donors (Lipinski definition) is 1. The molecule has 0 atom stereocenters. The normalized spacial score (nSPS) is 10.7. The van der Waals surface area contributed by atoms with Gasteiger partial charge < -0.3 is 9.80 Å². The summed E-state index contributed by atoms with van der Waals surface area (Å²) in [4.78, 5) is 45.1. The maximum absolute atomic E-state index is 13.2. The summed E-state index contributed by atoms with van der Waals surface area (Å²) in [5, 5.41) is 7.34. The maximum atomic E-state index is 13.2. The van der Waals surface area contributed by atoms with E-state index in [2.05, 4.69) is 15.2 Å². The number of nitrogens with one attached hydrogen (secondary N) is 1. The number of anilines is 1. The molecule has 0 aliphatic heterocycles. The van der Waals surface area contributed by atoms with E-state index in [1.165, 1.54) is 21.9 Å². The van der Waals surface area contributed by atoms with Gasteiger partial charge in [-0.15, -0.1) is 0 Å². The number of H-pyrrole nitrogens is 1. The number of Topliss-reactive ketones (excluding diaryl/α,β-unsaturated/α-hetero) is 1. The Hall–Kier alpha value is -2.94. The zero-order chi connectivity index (χ0) is 24.3. The summed E-state index contributed by atoms with van der Waals surface area (Å²) >= 11 is 18.4. The molecule has 0 spiro atoms. The molecule has 2 amide bonds. The average Bonchev–Trinajstić information content (AvgIpc) is 3.21. The van der Waals surface area contributed by atoms with Crippen LogP contribution in [0.1, 0.15) is 38.8 Å². The van der Waals surface area contributed by atoms with E-state index < -0.39 is 18.1 Å². The van der Waals surface area contributed by atoms with Crippen LogP contribution in [-0.4, -0.2) is 51.8 Å². The molecule has 11 heteroatoms. The molecule has 0 bridgehead atoms. The molecule has 3 aromatic rings. The van der Waals surface area contributed by atoms with Crippen LogP contribution in [0.5, 0.6) is 0 Å². The van der Waals surface area contributed by atoms with Crippen LogP contribution in [0.25, 0.3) is 0 Å². The molecule has 0 fully saturated rings. The van der Waals surface area contributed by atoms with Gasteiger partial charge in [-0.2, -0.15) is 5.10 Å². The number of hydrogen-bond acceptors (Lipinski definition) is 5. The maximum Gasteiger partial charge on any atom is 0.254 e. The van der Waals surface area contributed by atoms with Gasteiger partial charge in [0.25, 0.3) is 5.91 Å². The van der Waals surface area contributed by atoms with E-state index in [0.717, 1.165) is 0 Å². The highest BCUT2D eigenvalue weighted by atomic mass is 35.5. The first-order valence-electron chi connectivity index (χ1n) is 9.74. The highest BCUT2D eigenvalue weighted by Crippen LogP contribution is 2.28. The molecule has 0 saturated carbocycles. The van der Waals surface area contributed by atoms with Crippen molar-refractivity contribution >= 4 is 58.1 Å². The van der Waals surface area contributed by atoms with Crippen molar-refractivity contribution in [2.45, 2.75) is 19.9 Å². The lowest BCUT2D eigenvalue weighted by molar-refractivity contribution is -0.117. The fourth-order valence-corrected chi connectivity index (χ4v) is 3.53. The number of nitrogens with zero attached hydrogens (tertiary/aromatic N) is 4. The van der Waals surface area contributed by atoms with Gasteiger partial charge in [-0.25, -0.2) is 4.98 Å². The van der Waals surface area contributed by atoms with Crippen molar-refractivity contribution in [1.29, 1.82) is 0 Å². The number of amides is 2. The summed E-state index contributed by atoms with van der Waals surface area (Å²) in [6.07, 6.45) is -0.474. The standard InChI is InChI=1S/C22H20Cl3N5O3/c1-12-26-21(28-27-12)19(31)10-20(32)30(11-13-4-6-17(24)18(25)8-13)14-5-7-16(23)15(9-14)22(33)29(2)3/h4-9H,10-11H2,1-3H3,(H,26,27,28). The quantitative estimate of drug-likeness (QED) is 0.372. The Labute approximate surface area is 205 Å². The second kappa shape index (κ2) is 10.3. The van der Waals surface area contributed by atoms with Crippen molar-refractivity contribution in [2.24, 2.45) is 0 Å². The molecular weight excluding hydrogens is 489 g/mol. The number of ketones is 1. The smallest absolute Gasteiger partial charge is 0.254 e. The van der Waals surface area contributed by atoms with Gasteiger partial charge in [-0.05, 0) is 42.8 Å². The van der Waals surface area contributed by atoms with Gasteiger partial charge in [-0.3, -0.25) is 19.5 Å². The van der Waals surface area contributed by atoms with Crippen LogP contribution < -0.4 is 4.90 Å². The van der Waals surface area contributed by atoms with Gasteiger partial charge in [0.1, 0.15) is 5.82 Å².